The SMILES string of the molecule is Cc1ccc(S(=O)(=O)N(C)c2c(C(=O)NC(CCC(=O)O)C(=O)O)cnn2C)cc1. The lowest BCUT2D eigenvalue weighted by Gasteiger charge is -2.21. The van der Waals surface area contributed by atoms with Gasteiger partial charge in [-0.15, -0.1) is 0 Å². The highest BCUT2D eigenvalue weighted by Crippen LogP contribution is 2.25. The fourth-order valence-corrected chi connectivity index (χ4v) is 3.95. The van der Waals surface area contributed by atoms with E-state index in [0.29, 0.717) is 0 Å². The van der Waals surface area contributed by atoms with Crippen LogP contribution >= 0.6 is 0 Å². The highest BCUT2D eigenvalue weighted by molar-refractivity contribution is 7.92. The Labute approximate surface area is 173 Å². The van der Waals surface area contributed by atoms with Gasteiger partial charge in [-0.05, 0) is 25.5 Å². The fraction of sp³-hybridized carbons (Fsp3) is 0.333. The van der Waals surface area contributed by atoms with E-state index in [4.69, 9.17) is 5.11 Å². The molecule has 0 spiro atoms. The zero-order chi connectivity index (χ0) is 22.6. The summed E-state index contributed by atoms with van der Waals surface area (Å²) in [5.74, 6) is -3.57. The average Bonchev–Trinajstić information content (AvgIpc) is 3.05. The number of aliphatic carboxylic acids is 2. The number of hydrogen-bond acceptors (Lipinski definition) is 6. The number of carbonyl (C=O) groups excluding carboxylic acids is 1. The summed E-state index contributed by atoms with van der Waals surface area (Å²) in [5.41, 5.74) is 0.704. The molecule has 3 N–H and O–H groups in total. The van der Waals surface area contributed by atoms with Crippen molar-refractivity contribution in [3.8, 4) is 0 Å². The molecule has 0 saturated carbocycles. The van der Waals surface area contributed by atoms with Crippen LogP contribution in [-0.2, 0) is 26.7 Å². The van der Waals surface area contributed by atoms with Gasteiger partial charge in [0, 0.05) is 20.5 Å². The van der Waals surface area contributed by atoms with Crippen LogP contribution in [0.4, 0.5) is 5.82 Å². The maximum absolute atomic E-state index is 13.0. The van der Waals surface area contributed by atoms with Gasteiger partial charge in [0.2, 0.25) is 0 Å². The van der Waals surface area contributed by atoms with Crippen molar-refractivity contribution in [3.05, 3.63) is 41.6 Å². The molecule has 1 aromatic heterocycles. The second-order valence-corrected chi connectivity index (χ2v) is 8.56. The third-order valence-electron chi connectivity index (χ3n) is 4.38. The van der Waals surface area contributed by atoms with Crippen molar-refractivity contribution < 1.29 is 33.0 Å². The van der Waals surface area contributed by atoms with E-state index in [1.165, 1.54) is 30.9 Å². The molecule has 1 unspecified atom stereocenters. The molecule has 1 amide bonds. The Morgan fingerprint density at radius 2 is 1.80 bits per heavy atom. The van der Waals surface area contributed by atoms with Crippen LogP contribution in [0.1, 0.15) is 28.8 Å². The highest BCUT2D eigenvalue weighted by Gasteiger charge is 2.30. The molecule has 12 heteroatoms. The molecule has 162 valence electrons. The van der Waals surface area contributed by atoms with E-state index in [9.17, 15) is 27.9 Å². The fourth-order valence-electron chi connectivity index (χ4n) is 2.71. The number of rotatable bonds is 9. The van der Waals surface area contributed by atoms with Crippen LogP contribution in [0, 0.1) is 6.92 Å². The maximum atomic E-state index is 13.0. The minimum Gasteiger partial charge on any atom is -0.481 e. The molecular weight excluding hydrogens is 416 g/mol. The van der Waals surface area contributed by atoms with E-state index in [0.717, 1.165) is 16.1 Å². The first-order chi connectivity index (χ1) is 13.9. The Kier molecular flexibility index (Phi) is 6.82. The predicted molar refractivity (Wildman–Crippen MR) is 106 cm³/mol. The van der Waals surface area contributed by atoms with Crippen LogP contribution < -0.4 is 9.62 Å². The quantitative estimate of drug-likeness (QED) is 0.513. The zero-order valence-electron chi connectivity index (χ0n) is 16.6. The number of aryl methyl sites for hydroxylation is 2. The topological polar surface area (TPSA) is 159 Å². The van der Waals surface area contributed by atoms with Crippen LogP contribution in [0.3, 0.4) is 0 Å². The molecule has 0 bridgehead atoms. The van der Waals surface area contributed by atoms with Gasteiger partial charge in [0.1, 0.15) is 11.6 Å². The van der Waals surface area contributed by atoms with Crippen molar-refractivity contribution in [2.75, 3.05) is 11.4 Å². The summed E-state index contributed by atoms with van der Waals surface area (Å²) >= 11 is 0. The molecule has 2 rings (SSSR count). The van der Waals surface area contributed by atoms with Crippen molar-refractivity contribution >= 4 is 33.7 Å². The summed E-state index contributed by atoms with van der Waals surface area (Å²) in [6.07, 6.45) is 0.324. The largest absolute Gasteiger partial charge is 0.481 e. The first-order valence-corrected chi connectivity index (χ1v) is 10.2. The van der Waals surface area contributed by atoms with Crippen molar-refractivity contribution in [2.45, 2.75) is 30.7 Å². The van der Waals surface area contributed by atoms with Crippen molar-refractivity contribution in [3.63, 3.8) is 0 Å². The van der Waals surface area contributed by atoms with Crippen LogP contribution in [0.5, 0.6) is 0 Å². The first kappa shape index (κ1) is 22.9. The minimum absolute atomic E-state index is 0.00743. The normalized spacial score (nSPS) is 12.2. The summed E-state index contributed by atoms with van der Waals surface area (Å²) in [6, 6.07) is 4.68. The summed E-state index contributed by atoms with van der Waals surface area (Å²) in [4.78, 5) is 34.7. The van der Waals surface area contributed by atoms with E-state index in [-0.39, 0.29) is 22.7 Å². The van der Waals surface area contributed by atoms with Gasteiger partial charge >= 0.3 is 11.9 Å². The Balaban J connectivity index is 2.35. The molecule has 1 atom stereocenters. The van der Waals surface area contributed by atoms with Gasteiger partial charge in [0.05, 0.1) is 11.1 Å². The Bertz CT molecular complexity index is 1060. The molecule has 2 aromatic rings. The van der Waals surface area contributed by atoms with Gasteiger partial charge in [-0.1, -0.05) is 17.7 Å². The van der Waals surface area contributed by atoms with Gasteiger partial charge in [-0.2, -0.15) is 5.10 Å². The molecule has 0 saturated heterocycles. The van der Waals surface area contributed by atoms with E-state index in [2.05, 4.69) is 10.4 Å². The highest BCUT2D eigenvalue weighted by atomic mass is 32.2. The van der Waals surface area contributed by atoms with Crippen LogP contribution in [0.15, 0.2) is 35.4 Å². The molecule has 1 heterocycles. The molecule has 0 aliphatic rings. The summed E-state index contributed by atoms with van der Waals surface area (Å²) in [7, 11) is -1.34. The number of nitrogens with zero attached hydrogens (tertiary/aromatic N) is 3. The molecule has 1 aromatic carbocycles. The third-order valence-corrected chi connectivity index (χ3v) is 6.14. The van der Waals surface area contributed by atoms with Crippen LogP contribution in [0.2, 0.25) is 0 Å². The van der Waals surface area contributed by atoms with Gasteiger partial charge in [-0.25, -0.2) is 13.2 Å². The summed E-state index contributed by atoms with van der Waals surface area (Å²) in [5, 5.41) is 24.1. The second kappa shape index (κ2) is 8.95. The van der Waals surface area contributed by atoms with Gasteiger partial charge < -0.3 is 15.5 Å². The maximum Gasteiger partial charge on any atom is 0.326 e. The lowest BCUT2D eigenvalue weighted by Crippen LogP contribution is -2.41. The van der Waals surface area contributed by atoms with Crippen LogP contribution in [-0.4, -0.2) is 59.3 Å². The van der Waals surface area contributed by atoms with E-state index in [1.54, 1.807) is 12.1 Å². The first-order valence-electron chi connectivity index (χ1n) is 8.78. The standard InChI is InChI=1S/C18H22N4O7S/c1-11-4-6-12(7-5-11)30(28,29)22(3)17-13(10-19-21(17)2)16(25)20-14(18(26)27)8-9-15(23)24/h4-7,10,14H,8-9H2,1-3H3,(H,20,25)(H,23,24)(H,26,27). The van der Waals surface area contributed by atoms with Crippen molar-refractivity contribution in [1.82, 2.24) is 15.1 Å². The lowest BCUT2D eigenvalue weighted by atomic mass is 10.1. The molecule has 0 aliphatic heterocycles. The number of aromatic nitrogens is 2. The second-order valence-electron chi connectivity index (χ2n) is 6.59. The number of carbonyl (C=O) groups is 3. The minimum atomic E-state index is -4.03. The number of nitrogens with one attached hydrogen (secondary N) is 1. The monoisotopic (exact) mass is 438 g/mol. The molecular formula is C18H22N4O7S. The number of carboxylic acids is 2. The number of carboxylic acid groups (broad SMARTS) is 2. The molecule has 11 nitrogen and oxygen atoms in total. The molecule has 0 fully saturated rings. The summed E-state index contributed by atoms with van der Waals surface area (Å²) in [6.45, 7) is 1.81. The van der Waals surface area contributed by atoms with Gasteiger partial charge in [0.15, 0.2) is 5.82 Å². The van der Waals surface area contributed by atoms with E-state index >= 15 is 0 Å². The number of benzene rings is 1. The number of sulfonamides is 1. The van der Waals surface area contributed by atoms with Gasteiger partial charge in [0.25, 0.3) is 15.9 Å². The van der Waals surface area contributed by atoms with Crippen molar-refractivity contribution in [1.29, 1.82) is 0 Å². The lowest BCUT2D eigenvalue weighted by molar-refractivity contribution is -0.140. The smallest absolute Gasteiger partial charge is 0.326 e. The van der Waals surface area contributed by atoms with Crippen LogP contribution in [0.25, 0.3) is 0 Å². The Hall–Kier alpha value is -3.41. The third kappa shape index (κ3) is 4.95. The van der Waals surface area contributed by atoms with E-state index in [1.807, 2.05) is 6.92 Å². The van der Waals surface area contributed by atoms with Gasteiger partial charge in [-0.3, -0.25) is 18.6 Å². The van der Waals surface area contributed by atoms with Crippen molar-refractivity contribution in [2.24, 2.45) is 7.05 Å². The van der Waals surface area contributed by atoms with E-state index < -0.39 is 40.3 Å². The molecule has 30 heavy (non-hydrogen) atoms. The number of hydrogen-bond donors (Lipinski definition) is 3. The Morgan fingerprint density at radius 3 is 2.33 bits per heavy atom. The zero-order valence-corrected chi connectivity index (χ0v) is 17.4. The average molecular weight is 438 g/mol. The molecule has 0 radical (unpaired) electrons. The number of amides is 1. The Morgan fingerprint density at radius 1 is 1.20 bits per heavy atom. The molecule has 0 aliphatic carbocycles. The summed E-state index contributed by atoms with van der Waals surface area (Å²) < 4.78 is 28.0. The number of anilines is 1. The predicted octanol–water partition coefficient (Wildman–Crippen LogP) is 0.601.